The van der Waals surface area contributed by atoms with Crippen molar-refractivity contribution in [2.45, 2.75) is 25.9 Å². The van der Waals surface area contributed by atoms with Crippen molar-refractivity contribution >= 4 is 11.5 Å². The third-order valence-corrected chi connectivity index (χ3v) is 4.68. The molecule has 0 radical (unpaired) electrons. The quantitative estimate of drug-likeness (QED) is 0.410. The molecule has 0 unspecified atom stereocenters. The van der Waals surface area contributed by atoms with Crippen LogP contribution in [-0.4, -0.2) is 33.1 Å². The minimum atomic E-state index is -0.309. The lowest BCUT2D eigenvalue weighted by atomic mass is 10.0. The van der Waals surface area contributed by atoms with Gasteiger partial charge in [-0.25, -0.2) is 4.98 Å². The fourth-order valence-corrected chi connectivity index (χ4v) is 3.05. The minimum Gasteiger partial charge on any atom is -0.316 e. The second kappa shape index (κ2) is 10.2. The van der Waals surface area contributed by atoms with Gasteiger partial charge in [-0.2, -0.15) is 5.26 Å². The highest BCUT2D eigenvalue weighted by molar-refractivity contribution is 6.13. The van der Waals surface area contributed by atoms with E-state index in [9.17, 15) is 9.59 Å². The molecule has 0 aliphatic heterocycles. The molecule has 0 saturated carbocycles. The van der Waals surface area contributed by atoms with Crippen LogP contribution in [0.3, 0.4) is 0 Å². The van der Waals surface area contributed by atoms with E-state index in [1.165, 1.54) is 23.0 Å². The summed E-state index contributed by atoms with van der Waals surface area (Å²) >= 11 is 0. The topological polar surface area (TPSA) is 125 Å². The molecule has 0 atom stereocenters. The van der Waals surface area contributed by atoms with Crippen LogP contribution in [-0.2, 0) is 13.1 Å². The first kappa shape index (κ1) is 21.7. The molecule has 8 heteroatoms. The fraction of sp³-hybridized carbons (Fsp3) is 0.217. The Morgan fingerprint density at radius 1 is 1.19 bits per heavy atom. The Kier molecular flexibility index (Phi) is 7.14. The van der Waals surface area contributed by atoms with E-state index in [1.807, 2.05) is 37.4 Å². The summed E-state index contributed by atoms with van der Waals surface area (Å²) in [7, 11) is 1.87. The van der Waals surface area contributed by atoms with Gasteiger partial charge in [0.2, 0.25) is 0 Å². The summed E-state index contributed by atoms with van der Waals surface area (Å²) in [5, 5.41) is 20.1. The number of nitrogens with zero attached hydrogens (tertiary/aromatic N) is 4. The number of rotatable bonds is 9. The predicted octanol–water partition coefficient (Wildman–Crippen LogP) is 2.58. The van der Waals surface area contributed by atoms with Crippen molar-refractivity contribution in [1.29, 1.82) is 10.7 Å². The molecule has 2 aromatic heterocycles. The third-order valence-electron chi connectivity index (χ3n) is 4.68. The number of hydrogen-bond donors (Lipinski definition) is 2. The molecule has 8 nitrogen and oxygen atoms in total. The Hall–Kier alpha value is -3.96. The van der Waals surface area contributed by atoms with Gasteiger partial charge in [0, 0.05) is 36.6 Å². The van der Waals surface area contributed by atoms with Gasteiger partial charge in [-0.3, -0.25) is 14.6 Å². The first-order chi connectivity index (χ1) is 15.0. The Bertz CT molecular complexity index is 1190. The smallest absolute Gasteiger partial charge is 0.250 e. The van der Waals surface area contributed by atoms with Gasteiger partial charge in [0.15, 0.2) is 5.78 Å². The highest BCUT2D eigenvalue weighted by Gasteiger charge is 2.14. The zero-order valence-corrected chi connectivity index (χ0v) is 17.1. The Labute approximate surface area is 179 Å². The minimum absolute atomic E-state index is 0.0921. The number of nitrogens with one attached hydrogen (secondary N) is 2. The van der Waals surface area contributed by atoms with Crippen LogP contribution >= 0.6 is 0 Å². The Balaban J connectivity index is 1.76. The zero-order chi connectivity index (χ0) is 22.2. The van der Waals surface area contributed by atoms with Crippen molar-refractivity contribution in [2.24, 2.45) is 0 Å². The molecule has 1 aromatic carbocycles. The van der Waals surface area contributed by atoms with Crippen LogP contribution in [0.25, 0.3) is 11.3 Å². The lowest BCUT2D eigenvalue weighted by Gasteiger charge is -2.08. The van der Waals surface area contributed by atoms with E-state index in [1.54, 1.807) is 12.3 Å². The number of nitriles is 1. The highest BCUT2D eigenvalue weighted by Crippen LogP contribution is 2.16. The number of aryl methyl sites for hydroxylation is 1. The number of ketones is 1. The van der Waals surface area contributed by atoms with E-state index in [0.717, 1.165) is 12.1 Å². The lowest BCUT2D eigenvalue weighted by molar-refractivity contribution is 0.0995. The number of Topliss-reactive ketones (excluding diaryl/α,β-unsaturated/α-hetero) is 1. The average Bonchev–Trinajstić information content (AvgIpc) is 2.79. The second-order valence-electron chi connectivity index (χ2n) is 6.95. The second-order valence-corrected chi connectivity index (χ2v) is 6.95. The summed E-state index contributed by atoms with van der Waals surface area (Å²) < 4.78 is 1.43. The van der Waals surface area contributed by atoms with Crippen molar-refractivity contribution < 1.29 is 4.79 Å². The van der Waals surface area contributed by atoms with Gasteiger partial charge in [-0.15, -0.1) is 0 Å². The number of pyridine rings is 1. The molecule has 0 saturated heterocycles. The van der Waals surface area contributed by atoms with E-state index in [2.05, 4.69) is 15.3 Å². The van der Waals surface area contributed by atoms with Gasteiger partial charge in [0.25, 0.3) is 5.56 Å². The summed E-state index contributed by atoms with van der Waals surface area (Å²) in [6, 6.07) is 12.5. The first-order valence-electron chi connectivity index (χ1n) is 9.76. The Morgan fingerprint density at radius 2 is 1.97 bits per heavy atom. The van der Waals surface area contributed by atoms with Gasteiger partial charge >= 0.3 is 0 Å². The molecular formula is C23H22N6O2. The number of carbonyl (C=O) groups is 1. The standard InChI is InChI=1S/C23H22N6O2/c1-26-12-16-3-5-17(6-4-16)19(25)11-22(30)21-14-27-13-20(28-21)18-7-8-23(31)29(15-18)10-2-9-24/h3-8,13-15,25-26H,2,10-12H2,1H3. The molecular weight excluding hydrogens is 392 g/mol. The molecule has 31 heavy (non-hydrogen) atoms. The van der Waals surface area contributed by atoms with Crippen molar-refractivity contribution in [3.8, 4) is 17.3 Å². The molecule has 0 fully saturated rings. The fourth-order valence-electron chi connectivity index (χ4n) is 3.05. The van der Waals surface area contributed by atoms with Crippen molar-refractivity contribution in [3.05, 3.63) is 82.2 Å². The van der Waals surface area contributed by atoms with E-state index < -0.39 is 0 Å². The van der Waals surface area contributed by atoms with Crippen LogP contribution < -0.4 is 10.9 Å². The molecule has 156 valence electrons. The van der Waals surface area contributed by atoms with Crippen LogP contribution in [0, 0.1) is 16.7 Å². The van der Waals surface area contributed by atoms with E-state index in [0.29, 0.717) is 16.8 Å². The molecule has 0 aliphatic carbocycles. The summed E-state index contributed by atoms with van der Waals surface area (Å²) in [6.07, 6.45) is 4.61. The molecule has 0 amide bonds. The van der Waals surface area contributed by atoms with Gasteiger partial charge in [0.05, 0.1) is 37.0 Å². The molecule has 2 heterocycles. The van der Waals surface area contributed by atoms with Gasteiger partial charge in [0.1, 0.15) is 5.69 Å². The maximum Gasteiger partial charge on any atom is 0.250 e. The maximum atomic E-state index is 12.7. The average molecular weight is 414 g/mol. The summed E-state index contributed by atoms with van der Waals surface area (Å²) in [4.78, 5) is 33.1. The molecule has 0 spiro atoms. The Morgan fingerprint density at radius 3 is 2.68 bits per heavy atom. The number of hydrogen-bond acceptors (Lipinski definition) is 7. The molecule has 2 N–H and O–H groups in total. The van der Waals surface area contributed by atoms with E-state index in [4.69, 9.17) is 10.7 Å². The molecule has 0 bridgehead atoms. The number of benzene rings is 1. The first-order valence-corrected chi connectivity index (χ1v) is 9.76. The van der Waals surface area contributed by atoms with Crippen LogP contribution in [0.5, 0.6) is 0 Å². The van der Waals surface area contributed by atoms with Crippen LogP contribution in [0.4, 0.5) is 0 Å². The largest absolute Gasteiger partial charge is 0.316 e. The molecule has 3 aromatic rings. The lowest BCUT2D eigenvalue weighted by Crippen LogP contribution is -2.18. The van der Waals surface area contributed by atoms with Crippen molar-refractivity contribution in [2.75, 3.05) is 7.05 Å². The summed E-state index contributed by atoms with van der Waals surface area (Å²) in [5.41, 5.74) is 2.99. The van der Waals surface area contributed by atoms with Gasteiger partial charge < -0.3 is 15.3 Å². The third kappa shape index (κ3) is 5.56. The highest BCUT2D eigenvalue weighted by atomic mass is 16.1. The number of carbonyl (C=O) groups excluding carboxylic acids is 1. The zero-order valence-electron chi connectivity index (χ0n) is 17.1. The van der Waals surface area contributed by atoms with Crippen LogP contribution in [0.1, 0.15) is 34.5 Å². The maximum absolute atomic E-state index is 12.7. The van der Waals surface area contributed by atoms with E-state index >= 15 is 0 Å². The SMILES string of the molecule is CNCc1ccc(C(=N)CC(=O)c2cncc(-c3ccc(=O)n(CCC#N)c3)n2)cc1. The number of aromatic nitrogens is 3. The van der Waals surface area contributed by atoms with Gasteiger partial charge in [-0.05, 0) is 24.2 Å². The summed E-state index contributed by atoms with van der Waals surface area (Å²) in [6.45, 7) is 1.01. The van der Waals surface area contributed by atoms with Crippen molar-refractivity contribution in [3.63, 3.8) is 0 Å². The van der Waals surface area contributed by atoms with Gasteiger partial charge in [-0.1, -0.05) is 24.3 Å². The van der Waals surface area contributed by atoms with Crippen molar-refractivity contribution in [1.82, 2.24) is 19.9 Å². The molecule has 0 aliphatic rings. The van der Waals surface area contributed by atoms with Crippen LogP contribution in [0.2, 0.25) is 0 Å². The predicted molar refractivity (Wildman–Crippen MR) is 117 cm³/mol. The molecule has 3 rings (SSSR count). The monoisotopic (exact) mass is 414 g/mol. The normalized spacial score (nSPS) is 10.5. The van der Waals surface area contributed by atoms with E-state index in [-0.39, 0.29) is 42.1 Å². The summed E-state index contributed by atoms with van der Waals surface area (Å²) in [5.74, 6) is -0.309. The van der Waals surface area contributed by atoms with Crippen LogP contribution in [0.15, 0.2) is 59.8 Å².